The van der Waals surface area contributed by atoms with Crippen LogP contribution in [0.3, 0.4) is 0 Å². The predicted molar refractivity (Wildman–Crippen MR) is 190 cm³/mol. The molecule has 0 unspecified atom stereocenters. The molecule has 0 aliphatic heterocycles. The zero-order chi connectivity index (χ0) is 29.1. The fourth-order valence-corrected chi connectivity index (χ4v) is 13.3. The van der Waals surface area contributed by atoms with E-state index in [1.165, 1.54) is 179 Å². The summed E-state index contributed by atoms with van der Waals surface area (Å²) < 4.78 is 0. The SMILES string of the molecule is C=CP(CCCCCCCCCC)(CCCCCCCCCC)(CCCCCCCCCC)Cc1ccccc1. The summed E-state index contributed by atoms with van der Waals surface area (Å²) >= 11 is 0. The molecule has 1 rings (SSSR count). The minimum atomic E-state index is -2.04. The summed E-state index contributed by atoms with van der Waals surface area (Å²) in [4.78, 5) is 0. The number of hydrogen-bond acceptors (Lipinski definition) is 0. The monoisotopic (exact) mass is 573 g/mol. The molecule has 0 fully saturated rings. The molecule has 1 aromatic rings. The summed E-state index contributed by atoms with van der Waals surface area (Å²) in [7, 11) is 0. The molecular formula is C39H73P. The van der Waals surface area contributed by atoms with Crippen molar-refractivity contribution >= 4 is 6.60 Å². The van der Waals surface area contributed by atoms with Gasteiger partial charge < -0.3 is 0 Å². The Hall–Kier alpha value is -0.610. The number of benzene rings is 1. The van der Waals surface area contributed by atoms with Crippen molar-refractivity contribution in [2.45, 2.75) is 181 Å². The quantitative estimate of drug-likeness (QED) is 0.0635. The summed E-state index contributed by atoms with van der Waals surface area (Å²) in [6.07, 6.45) is 39.9. The summed E-state index contributed by atoms with van der Waals surface area (Å²) in [5.41, 5.74) is 1.58. The van der Waals surface area contributed by atoms with Crippen LogP contribution >= 0.6 is 6.60 Å². The van der Waals surface area contributed by atoms with Gasteiger partial charge in [0.1, 0.15) is 0 Å². The summed E-state index contributed by atoms with van der Waals surface area (Å²) in [5.74, 6) is 2.63. The number of rotatable bonds is 30. The number of hydrogen-bond donors (Lipinski definition) is 0. The van der Waals surface area contributed by atoms with E-state index < -0.39 is 6.60 Å². The first kappa shape index (κ1) is 37.4. The number of unbranched alkanes of at least 4 members (excludes halogenated alkanes) is 21. The van der Waals surface area contributed by atoms with E-state index in [0.717, 1.165) is 0 Å². The molecule has 0 radical (unpaired) electrons. The molecule has 0 saturated heterocycles. The molecular weight excluding hydrogens is 499 g/mol. The van der Waals surface area contributed by atoms with E-state index >= 15 is 0 Å². The van der Waals surface area contributed by atoms with Crippen LogP contribution in [0.25, 0.3) is 0 Å². The van der Waals surface area contributed by atoms with Crippen LogP contribution in [0.1, 0.15) is 180 Å². The van der Waals surface area contributed by atoms with E-state index in [-0.39, 0.29) is 0 Å². The van der Waals surface area contributed by atoms with Crippen molar-refractivity contribution in [3.05, 3.63) is 48.3 Å². The maximum absolute atomic E-state index is 4.71. The summed E-state index contributed by atoms with van der Waals surface area (Å²) in [6, 6.07) is 11.6. The van der Waals surface area contributed by atoms with E-state index in [1.54, 1.807) is 5.56 Å². The zero-order valence-corrected chi connectivity index (χ0v) is 28.8. The van der Waals surface area contributed by atoms with Gasteiger partial charge in [-0.15, -0.1) is 0 Å². The van der Waals surface area contributed by atoms with Crippen molar-refractivity contribution < 1.29 is 0 Å². The second-order valence-corrected chi connectivity index (χ2v) is 19.7. The standard InChI is InChI=1S/C39H73P/c1-5-9-12-15-18-21-24-30-35-40(8-4,38-39-33-28-27-29-34-39,36-31-25-22-19-16-13-10-6-2)37-32-26-23-20-17-14-11-7-3/h8,27-29,33-34H,4-7,9-26,30-32,35-38H2,1-3H3. The molecule has 0 amide bonds. The average Bonchev–Trinajstić information content (AvgIpc) is 2.98. The predicted octanol–water partition coefficient (Wildman–Crippen LogP) is 14.3. The van der Waals surface area contributed by atoms with Crippen LogP contribution in [-0.2, 0) is 6.16 Å². The first-order chi connectivity index (χ1) is 19.6. The molecule has 0 heterocycles. The summed E-state index contributed by atoms with van der Waals surface area (Å²) in [6.45, 7) is 9.63. The molecule has 0 aromatic heterocycles. The van der Waals surface area contributed by atoms with Gasteiger partial charge in [0, 0.05) is 0 Å². The first-order valence-corrected chi connectivity index (χ1v) is 21.4. The second kappa shape index (κ2) is 24.9. The van der Waals surface area contributed by atoms with Crippen LogP contribution in [0.4, 0.5) is 0 Å². The average molecular weight is 573 g/mol. The maximum atomic E-state index is 4.71. The Morgan fingerprint density at radius 2 is 0.750 bits per heavy atom. The Balaban J connectivity index is 2.86. The van der Waals surface area contributed by atoms with E-state index in [4.69, 9.17) is 6.58 Å². The van der Waals surface area contributed by atoms with Crippen molar-refractivity contribution in [2.75, 3.05) is 18.5 Å². The van der Waals surface area contributed by atoms with Gasteiger partial charge in [0.2, 0.25) is 0 Å². The molecule has 0 N–H and O–H groups in total. The van der Waals surface area contributed by atoms with Gasteiger partial charge in [-0.25, -0.2) is 0 Å². The van der Waals surface area contributed by atoms with Gasteiger partial charge in [0.25, 0.3) is 0 Å². The first-order valence-electron chi connectivity index (χ1n) is 18.3. The van der Waals surface area contributed by atoms with E-state index in [9.17, 15) is 0 Å². The third kappa shape index (κ3) is 17.4. The molecule has 0 spiro atoms. The van der Waals surface area contributed by atoms with Crippen LogP contribution in [0.5, 0.6) is 0 Å². The Kier molecular flexibility index (Phi) is 23.3. The van der Waals surface area contributed by atoms with E-state index in [2.05, 4.69) is 56.9 Å². The van der Waals surface area contributed by atoms with E-state index in [1.807, 2.05) is 0 Å². The molecule has 0 saturated carbocycles. The van der Waals surface area contributed by atoms with Crippen molar-refractivity contribution in [3.63, 3.8) is 0 Å². The van der Waals surface area contributed by atoms with Gasteiger partial charge in [0.15, 0.2) is 0 Å². The topological polar surface area (TPSA) is 0 Å². The van der Waals surface area contributed by atoms with Gasteiger partial charge in [0.05, 0.1) is 0 Å². The minimum absolute atomic E-state index is 1.32. The van der Waals surface area contributed by atoms with E-state index in [0.29, 0.717) is 0 Å². The van der Waals surface area contributed by atoms with Crippen molar-refractivity contribution in [3.8, 4) is 0 Å². The third-order valence-corrected chi connectivity index (χ3v) is 16.6. The third-order valence-electron chi connectivity index (χ3n) is 9.81. The van der Waals surface area contributed by atoms with Crippen LogP contribution < -0.4 is 0 Å². The summed E-state index contributed by atoms with van der Waals surface area (Å²) in [5, 5.41) is 0. The van der Waals surface area contributed by atoms with Gasteiger partial charge in [-0.05, 0) is 0 Å². The zero-order valence-electron chi connectivity index (χ0n) is 27.9. The molecule has 1 aromatic carbocycles. The fraction of sp³-hybridized carbons (Fsp3) is 0.795. The van der Waals surface area contributed by atoms with Gasteiger partial charge >= 0.3 is 254 Å². The molecule has 234 valence electrons. The normalized spacial score (nSPS) is 12.8. The van der Waals surface area contributed by atoms with Gasteiger partial charge in [-0.1, -0.05) is 0 Å². The Bertz CT molecular complexity index is 624. The molecule has 0 atom stereocenters. The Labute approximate surface area is 253 Å². The fourth-order valence-electron chi connectivity index (χ4n) is 7.00. The molecule has 0 nitrogen and oxygen atoms in total. The van der Waals surface area contributed by atoms with Crippen LogP contribution in [0.2, 0.25) is 0 Å². The Morgan fingerprint density at radius 3 is 1.05 bits per heavy atom. The second-order valence-electron chi connectivity index (χ2n) is 13.5. The Morgan fingerprint density at radius 1 is 0.450 bits per heavy atom. The van der Waals surface area contributed by atoms with Crippen molar-refractivity contribution in [1.29, 1.82) is 0 Å². The molecule has 0 aliphatic rings. The molecule has 0 aliphatic carbocycles. The van der Waals surface area contributed by atoms with Gasteiger partial charge in [-0.3, -0.25) is 0 Å². The molecule has 0 bridgehead atoms. The van der Waals surface area contributed by atoms with Crippen LogP contribution in [0, 0.1) is 0 Å². The molecule has 1 heteroatoms. The van der Waals surface area contributed by atoms with Crippen LogP contribution in [0.15, 0.2) is 42.7 Å². The van der Waals surface area contributed by atoms with Crippen molar-refractivity contribution in [1.82, 2.24) is 0 Å². The van der Waals surface area contributed by atoms with Gasteiger partial charge in [-0.2, -0.15) is 0 Å². The van der Waals surface area contributed by atoms with Crippen molar-refractivity contribution in [2.24, 2.45) is 0 Å². The van der Waals surface area contributed by atoms with Crippen LogP contribution in [-0.4, -0.2) is 18.5 Å². The molecule has 40 heavy (non-hydrogen) atoms.